The highest BCUT2D eigenvalue weighted by molar-refractivity contribution is 6.32. The average Bonchev–Trinajstić information content (AvgIpc) is 3.26. The van der Waals surface area contributed by atoms with Gasteiger partial charge in [0.1, 0.15) is 36.0 Å². The third-order valence-electron chi connectivity index (χ3n) is 6.60. The second-order valence-electron chi connectivity index (χ2n) is 9.05. The van der Waals surface area contributed by atoms with E-state index in [9.17, 15) is 9.90 Å². The number of aryl methyl sites for hydroxylation is 2. The van der Waals surface area contributed by atoms with Crippen LogP contribution in [0.3, 0.4) is 0 Å². The molecular formula is C28H22ClN7O2. The van der Waals surface area contributed by atoms with Gasteiger partial charge in [-0.05, 0) is 49.2 Å². The summed E-state index contributed by atoms with van der Waals surface area (Å²) in [6.45, 7) is 3.98. The standard InChI is InChI=1S/C28H22ClN7O2/c1-15-6-3-4-9-20(15)36-22(33-19-8-5-7-16(2)23(19)28(36)38)13-35-27-24(26(30)31-14-32-27)25(34-35)17-10-11-18(29)21(37)12-17/h3-12,14,37H,13H2,1-2H3,(H2,30,31,32). The van der Waals surface area contributed by atoms with Gasteiger partial charge in [0.15, 0.2) is 5.65 Å². The number of para-hydroxylation sites is 1. The van der Waals surface area contributed by atoms with Gasteiger partial charge in [-0.2, -0.15) is 5.10 Å². The summed E-state index contributed by atoms with van der Waals surface area (Å²) in [4.78, 5) is 27.4. The Hall–Kier alpha value is -4.76. The molecule has 6 aromatic rings. The van der Waals surface area contributed by atoms with E-state index in [2.05, 4.69) is 9.97 Å². The molecule has 0 saturated heterocycles. The number of nitrogens with two attached hydrogens (primary N) is 1. The second kappa shape index (κ2) is 8.97. The van der Waals surface area contributed by atoms with Crippen molar-refractivity contribution >= 4 is 39.4 Å². The minimum absolute atomic E-state index is 0.0813. The monoisotopic (exact) mass is 523 g/mol. The van der Waals surface area contributed by atoms with E-state index in [0.717, 1.165) is 16.8 Å². The molecule has 10 heteroatoms. The molecule has 0 aliphatic carbocycles. The molecule has 0 bridgehead atoms. The van der Waals surface area contributed by atoms with E-state index in [-0.39, 0.29) is 28.7 Å². The Morgan fingerprint density at radius 2 is 1.76 bits per heavy atom. The highest BCUT2D eigenvalue weighted by Gasteiger charge is 2.21. The number of nitrogens with zero attached hydrogens (tertiary/aromatic N) is 6. The maximum Gasteiger partial charge on any atom is 0.266 e. The van der Waals surface area contributed by atoms with Crippen molar-refractivity contribution in [3.8, 4) is 22.7 Å². The van der Waals surface area contributed by atoms with Crippen LogP contribution in [0.25, 0.3) is 38.9 Å². The summed E-state index contributed by atoms with van der Waals surface area (Å²) in [6, 6.07) is 18.1. The molecule has 0 spiro atoms. The lowest BCUT2D eigenvalue weighted by Crippen LogP contribution is -2.26. The number of benzene rings is 3. The largest absolute Gasteiger partial charge is 0.506 e. The number of nitrogen functional groups attached to an aromatic ring is 1. The zero-order chi connectivity index (χ0) is 26.6. The van der Waals surface area contributed by atoms with Gasteiger partial charge >= 0.3 is 0 Å². The first-order valence-corrected chi connectivity index (χ1v) is 12.2. The summed E-state index contributed by atoms with van der Waals surface area (Å²) in [7, 11) is 0. The third kappa shape index (κ3) is 3.75. The minimum atomic E-state index is -0.161. The summed E-state index contributed by atoms with van der Waals surface area (Å²) in [5.74, 6) is 0.640. The highest BCUT2D eigenvalue weighted by Crippen LogP contribution is 2.34. The quantitative estimate of drug-likeness (QED) is 0.340. The first-order valence-electron chi connectivity index (χ1n) is 11.9. The number of halogens is 1. The molecule has 9 nitrogen and oxygen atoms in total. The molecule has 0 aliphatic rings. The Bertz CT molecular complexity index is 1940. The van der Waals surface area contributed by atoms with Crippen LogP contribution in [0.5, 0.6) is 5.75 Å². The molecule has 6 rings (SSSR count). The number of phenols is 1. The Balaban J connectivity index is 1.62. The first-order chi connectivity index (χ1) is 18.3. The molecule has 0 saturated carbocycles. The topological polar surface area (TPSA) is 125 Å². The van der Waals surface area contributed by atoms with E-state index in [1.165, 1.54) is 12.4 Å². The molecule has 3 aromatic heterocycles. The van der Waals surface area contributed by atoms with Crippen molar-refractivity contribution in [1.82, 2.24) is 29.3 Å². The summed E-state index contributed by atoms with van der Waals surface area (Å²) in [5.41, 5.74) is 10.8. The van der Waals surface area contributed by atoms with Gasteiger partial charge in [-0.1, -0.05) is 48.0 Å². The van der Waals surface area contributed by atoms with Crippen molar-refractivity contribution < 1.29 is 5.11 Å². The molecule has 0 atom stereocenters. The van der Waals surface area contributed by atoms with Crippen molar-refractivity contribution in [2.24, 2.45) is 0 Å². The Morgan fingerprint density at radius 3 is 2.55 bits per heavy atom. The van der Waals surface area contributed by atoms with Gasteiger partial charge in [-0.3, -0.25) is 9.36 Å². The normalized spacial score (nSPS) is 11.4. The number of phenolic OH excluding ortho intramolecular Hbond substituents is 1. The van der Waals surface area contributed by atoms with Crippen LogP contribution in [0, 0.1) is 13.8 Å². The molecule has 0 unspecified atom stereocenters. The van der Waals surface area contributed by atoms with Gasteiger partial charge in [0.2, 0.25) is 0 Å². The van der Waals surface area contributed by atoms with Crippen molar-refractivity contribution in [2.75, 3.05) is 5.73 Å². The summed E-state index contributed by atoms with van der Waals surface area (Å²) in [5, 5.41) is 16.3. The number of fused-ring (bicyclic) bond motifs is 2. The Morgan fingerprint density at radius 1 is 0.974 bits per heavy atom. The molecule has 3 aromatic carbocycles. The molecule has 0 amide bonds. The highest BCUT2D eigenvalue weighted by atomic mass is 35.5. The number of rotatable bonds is 4. The molecule has 0 aliphatic heterocycles. The van der Waals surface area contributed by atoms with E-state index in [1.54, 1.807) is 21.4 Å². The molecule has 3 N–H and O–H groups in total. The molecule has 3 heterocycles. The number of hydrogen-bond acceptors (Lipinski definition) is 7. The minimum Gasteiger partial charge on any atom is -0.506 e. The molecule has 38 heavy (non-hydrogen) atoms. The number of hydrogen-bond donors (Lipinski definition) is 2. The van der Waals surface area contributed by atoms with Crippen LogP contribution in [-0.2, 0) is 6.54 Å². The van der Waals surface area contributed by atoms with Crippen LogP contribution in [0.1, 0.15) is 17.0 Å². The van der Waals surface area contributed by atoms with Crippen molar-refractivity contribution in [3.63, 3.8) is 0 Å². The predicted molar refractivity (Wildman–Crippen MR) is 148 cm³/mol. The summed E-state index contributed by atoms with van der Waals surface area (Å²) in [6.07, 6.45) is 1.37. The van der Waals surface area contributed by atoms with E-state index >= 15 is 0 Å². The molecular weight excluding hydrogens is 502 g/mol. The van der Waals surface area contributed by atoms with Crippen molar-refractivity contribution in [1.29, 1.82) is 0 Å². The summed E-state index contributed by atoms with van der Waals surface area (Å²) >= 11 is 6.03. The predicted octanol–water partition coefficient (Wildman–Crippen LogP) is 4.80. The third-order valence-corrected chi connectivity index (χ3v) is 6.92. The molecule has 188 valence electrons. The van der Waals surface area contributed by atoms with Gasteiger partial charge < -0.3 is 10.8 Å². The van der Waals surface area contributed by atoms with Crippen LogP contribution in [0.15, 0.2) is 71.8 Å². The van der Waals surface area contributed by atoms with Crippen LogP contribution in [0.2, 0.25) is 5.02 Å². The fourth-order valence-electron chi connectivity index (χ4n) is 4.75. The van der Waals surface area contributed by atoms with Crippen LogP contribution < -0.4 is 11.3 Å². The van der Waals surface area contributed by atoms with Gasteiger partial charge in [0.05, 0.1) is 27.0 Å². The zero-order valence-corrected chi connectivity index (χ0v) is 21.3. The second-order valence-corrected chi connectivity index (χ2v) is 9.46. The fraction of sp³-hybridized carbons (Fsp3) is 0.107. The smallest absolute Gasteiger partial charge is 0.266 e. The average molecular weight is 524 g/mol. The van der Waals surface area contributed by atoms with Gasteiger partial charge in [0.25, 0.3) is 5.56 Å². The van der Waals surface area contributed by atoms with E-state index in [1.807, 2.05) is 56.3 Å². The van der Waals surface area contributed by atoms with E-state index in [0.29, 0.717) is 39.0 Å². The first kappa shape index (κ1) is 23.6. The van der Waals surface area contributed by atoms with Crippen molar-refractivity contribution in [3.05, 3.63) is 99.3 Å². The number of aromatic hydroxyl groups is 1. The van der Waals surface area contributed by atoms with Crippen LogP contribution in [-0.4, -0.2) is 34.4 Å². The fourth-order valence-corrected chi connectivity index (χ4v) is 4.86. The molecule has 0 fully saturated rings. The van der Waals surface area contributed by atoms with Crippen molar-refractivity contribution in [2.45, 2.75) is 20.4 Å². The zero-order valence-electron chi connectivity index (χ0n) is 20.6. The van der Waals surface area contributed by atoms with Crippen LogP contribution in [0.4, 0.5) is 5.82 Å². The van der Waals surface area contributed by atoms with Gasteiger partial charge in [-0.25, -0.2) is 19.6 Å². The SMILES string of the molecule is Cc1ccccc1-n1c(Cn2nc(-c3ccc(Cl)c(O)c3)c3c(N)ncnc32)nc2cccc(C)c2c1=O. The van der Waals surface area contributed by atoms with Crippen LogP contribution >= 0.6 is 11.6 Å². The van der Waals surface area contributed by atoms with Gasteiger partial charge in [0, 0.05) is 5.56 Å². The molecule has 0 radical (unpaired) electrons. The Kier molecular flexibility index (Phi) is 5.57. The van der Waals surface area contributed by atoms with E-state index in [4.69, 9.17) is 27.4 Å². The number of anilines is 1. The maximum absolute atomic E-state index is 13.9. The maximum atomic E-state index is 13.9. The lowest BCUT2D eigenvalue weighted by molar-refractivity contribution is 0.476. The lowest BCUT2D eigenvalue weighted by Gasteiger charge is -2.16. The summed E-state index contributed by atoms with van der Waals surface area (Å²) < 4.78 is 3.28. The Labute approximate surface area is 221 Å². The van der Waals surface area contributed by atoms with E-state index < -0.39 is 0 Å². The van der Waals surface area contributed by atoms with Gasteiger partial charge in [-0.15, -0.1) is 0 Å². The lowest BCUT2D eigenvalue weighted by atomic mass is 10.1. The number of aromatic nitrogens is 6.